The normalized spacial score (nSPS) is 9.84. The topological polar surface area (TPSA) is 154 Å². The highest BCUT2D eigenvalue weighted by molar-refractivity contribution is 5.74. The first-order valence-electron chi connectivity index (χ1n) is 10.7. The second-order valence-corrected chi connectivity index (χ2v) is 6.92. The number of H-pyrrole nitrogens is 1. The van der Waals surface area contributed by atoms with Gasteiger partial charge in [0.05, 0.1) is 22.8 Å². The Morgan fingerprint density at radius 2 is 0.892 bits per heavy atom. The summed E-state index contributed by atoms with van der Waals surface area (Å²) in [6, 6.07) is 9.91. The van der Waals surface area contributed by atoms with Crippen molar-refractivity contribution in [3.05, 3.63) is 142 Å². The van der Waals surface area contributed by atoms with Crippen LogP contribution in [0.3, 0.4) is 0 Å². The Kier molecular flexibility index (Phi) is 8.47. The maximum Gasteiger partial charge on any atom is 0.258 e. The van der Waals surface area contributed by atoms with Crippen LogP contribution in [0.15, 0.2) is 139 Å². The zero-order valence-electron chi connectivity index (χ0n) is 19.1. The van der Waals surface area contributed by atoms with Crippen LogP contribution < -0.4 is 11.1 Å². The van der Waals surface area contributed by atoms with Crippen LogP contribution in [0, 0.1) is 10.4 Å². The van der Waals surface area contributed by atoms with Crippen LogP contribution in [0.2, 0.25) is 0 Å². The molecule has 0 bridgehead atoms. The molecule has 11 nitrogen and oxygen atoms in total. The third-order valence-corrected chi connectivity index (χ3v) is 4.55. The molecule has 0 amide bonds. The van der Waals surface area contributed by atoms with Gasteiger partial charge in [0.2, 0.25) is 0 Å². The van der Waals surface area contributed by atoms with Crippen LogP contribution in [0.25, 0.3) is 22.1 Å². The predicted octanol–water partition coefficient (Wildman–Crippen LogP) is 4.34. The average Bonchev–Trinajstić information content (AvgIpc) is 3.16. The Bertz CT molecular complexity index is 1730. The third-order valence-electron chi connectivity index (χ3n) is 4.55. The zero-order valence-corrected chi connectivity index (χ0v) is 19.1. The van der Waals surface area contributed by atoms with E-state index in [1.54, 1.807) is 48.8 Å². The van der Waals surface area contributed by atoms with E-state index in [0.717, 1.165) is 0 Å². The summed E-state index contributed by atoms with van der Waals surface area (Å²) in [6.45, 7) is 0. The summed E-state index contributed by atoms with van der Waals surface area (Å²) in [4.78, 5) is 44.5. The highest BCUT2D eigenvalue weighted by Crippen LogP contribution is 2.06. The van der Waals surface area contributed by atoms with E-state index in [0.29, 0.717) is 22.1 Å². The fourth-order valence-electron chi connectivity index (χ4n) is 2.99. The Labute approximate surface area is 207 Å². The smallest absolute Gasteiger partial charge is 0.258 e. The Morgan fingerprint density at radius 1 is 0.514 bits per heavy atom. The van der Waals surface area contributed by atoms with E-state index < -0.39 is 11.1 Å². The van der Waals surface area contributed by atoms with Crippen LogP contribution in [0.1, 0.15) is 0 Å². The van der Waals surface area contributed by atoms with Crippen molar-refractivity contribution in [3.8, 4) is 0 Å². The molecule has 0 fully saturated rings. The second-order valence-electron chi connectivity index (χ2n) is 6.92. The number of pyridine rings is 2. The van der Waals surface area contributed by atoms with Crippen LogP contribution in [0.4, 0.5) is 0 Å². The van der Waals surface area contributed by atoms with E-state index in [-0.39, 0.29) is 10.4 Å². The molecule has 0 atom stereocenters. The molecule has 1 N–H and O–H groups in total. The summed E-state index contributed by atoms with van der Waals surface area (Å²) in [5, 5.41) is 1.33. The molecule has 0 saturated heterocycles. The first-order valence-corrected chi connectivity index (χ1v) is 10.7. The molecular weight excluding hydrogens is 478 g/mol. The van der Waals surface area contributed by atoms with Crippen molar-refractivity contribution in [1.29, 1.82) is 0 Å². The fraction of sp³-hybridized carbons (Fsp3) is 0. The molecule has 0 radical (unpaired) electrons. The van der Waals surface area contributed by atoms with Crippen LogP contribution in [0.5, 0.6) is 0 Å². The van der Waals surface area contributed by atoms with Crippen LogP contribution in [-0.2, 0) is 0 Å². The molecule has 0 saturated carbocycles. The van der Waals surface area contributed by atoms with E-state index >= 15 is 0 Å². The summed E-state index contributed by atoms with van der Waals surface area (Å²) in [7, 11) is 0. The van der Waals surface area contributed by atoms with Crippen molar-refractivity contribution in [3.63, 3.8) is 0 Å². The lowest BCUT2D eigenvalue weighted by Crippen LogP contribution is -2.07. The first kappa shape index (κ1) is 24.5. The molecule has 0 spiro atoms. The number of aromatic nitrogens is 5. The lowest BCUT2D eigenvalue weighted by atomic mass is 10.2. The summed E-state index contributed by atoms with van der Waals surface area (Å²) < 4.78 is 20.4. The van der Waals surface area contributed by atoms with Gasteiger partial charge in [-0.05, 0) is 36.4 Å². The van der Waals surface area contributed by atoms with E-state index in [2.05, 4.69) is 24.9 Å². The third kappa shape index (κ3) is 6.96. The van der Waals surface area contributed by atoms with Crippen molar-refractivity contribution in [2.24, 2.45) is 0 Å². The van der Waals surface area contributed by atoms with Gasteiger partial charge in [0, 0.05) is 23.2 Å². The molecule has 4 heterocycles. The molecular formula is C26H19N5O6. The molecule has 2 aliphatic rings. The maximum absolute atomic E-state index is 12.6. The molecule has 37 heavy (non-hydrogen) atoms. The number of rotatable bonds is 0. The van der Waals surface area contributed by atoms with Gasteiger partial charge in [-0.1, -0.05) is 0 Å². The first-order chi connectivity index (χ1) is 18.2. The number of nitrogens with one attached hydrogen (secondary N) is 1. The van der Waals surface area contributed by atoms with Gasteiger partial charge >= 0.3 is 0 Å². The van der Waals surface area contributed by atoms with Gasteiger partial charge in [0.1, 0.15) is 50.1 Å². The van der Waals surface area contributed by atoms with Crippen molar-refractivity contribution < 1.29 is 17.7 Å². The van der Waals surface area contributed by atoms with Crippen molar-refractivity contribution in [2.45, 2.75) is 0 Å². The molecule has 2 aromatic heterocycles. The monoisotopic (exact) mass is 497 g/mol. The highest BCUT2D eigenvalue weighted by atomic mass is 16.4. The van der Waals surface area contributed by atoms with Gasteiger partial charge in [-0.2, -0.15) is 0 Å². The Hall–Kier alpha value is -5.58. The average molecular weight is 497 g/mol. The van der Waals surface area contributed by atoms with E-state index in [4.69, 9.17) is 17.7 Å². The highest BCUT2D eigenvalue weighted by Gasteiger charge is 2.01. The lowest BCUT2D eigenvalue weighted by Gasteiger charge is -1.90. The molecule has 0 aliphatic carbocycles. The fourth-order valence-corrected chi connectivity index (χ4v) is 2.99. The Balaban J connectivity index is 2.08. The summed E-state index contributed by atoms with van der Waals surface area (Å²) in [6.07, 6.45) is 16.2. The molecule has 11 heteroatoms. The van der Waals surface area contributed by atoms with Crippen molar-refractivity contribution >= 4 is 22.1 Å². The lowest BCUT2D eigenvalue weighted by molar-refractivity contribution is 0.463. The molecule has 0 unspecified atom stereocenters. The SMILES string of the molecule is O=c1[nH]c(=O)c2cc3cccnc3nccoccoccoccoccnc3ncccc3cc1=2. The quantitative estimate of drug-likeness (QED) is 0.371. The number of nitrogens with zero attached hydrogens (tertiary/aromatic N) is 4. The number of fused-ring (bicyclic) bond motifs is 2. The molecule has 2 aromatic rings. The maximum atomic E-state index is 12.6. The second kappa shape index (κ2) is 12.8. The Morgan fingerprint density at radius 3 is 1.32 bits per heavy atom. The van der Waals surface area contributed by atoms with E-state index in [1.165, 1.54) is 62.5 Å². The summed E-state index contributed by atoms with van der Waals surface area (Å²) >= 11 is 0. The van der Waals surface area contributed by atoms with Gasteiger partial charge in [0.15, 0.2) is 11.3 Å². The van der Waals surface area contributed by atoms with Gasteiger partial charge in [0.25, 0.3) is 11.1 Å². The minimum absolute atomic E-state index is 0.149. The zero-order chi connectivity index (χ0) is 25.7. The summed E-state index contributed by atoms with van der Waals surface area (Å²) in [5.74, 6) is 0. The van der Waals surface area contributed by atoms with Gasteiger partial charge in [-0.25, -0.2) is 19.9 Å². The minimum atomic E-state index is -0.546. The predicted molar refractivity (Wildman–Crippen MR) is 132 cm³/mol. The molecule has 2 aliphatic heterocycles. The van der Waals surface area contributed by atoms with E-state index in [9.17, 15) is 9.59 Å². The largest absolute Gasteiger partial charge is 0.468 e. The van der Waals surface area contributed by atoms with Gasteiger partial charge in [-0.15, -0.1) is 0 Å². The van der Waals surface area contributed by atoms with Crippen molar-refractivity contribution in [1.82, 2.24) is 24.9 Å². The standard InChI is InChI=1S/C26H19N5O6/c32-25-21-17-19-3-1-5-27-23(19)29-7-9-34-11-13-36-15-16-37-14-12-35-10-8-30-24-20(4-2-6-28-24)18-22(21)26(33)31-25/h1-18H,(H,31,32,33). The minimum Gasteiger partial charge on any atom is -0.468 e. The van der Waals surface area contributed by atoms with Gasteiger partial charge < -0.3 is 17.7 Å². The number of hydrogen-bond donors (Lipinski definition) is 1. The van der Waals surface area contributed by atoms with E-state index in [1.807, 2.05) is 0 Å². The molecule has 184 valence electrons. The van der Waals surface area contributed by atoms with Gasteiger partial charge in [-0.3, -0.25) is 14.6 Å². The molecule has 0 aromatic carbocycles. The number of aromatic amines is 1. The van der Waals surface area contributed by atoms with Crippen molar-refractivity contribution in [2.75, 3.05) is 0 Å². The van der Waals surface area contributed by atoms with Crippen LogP contribution >= 0.6 is 0 Å². The van der Waals surface area contributed by atoms with Crippen LogP contribution in [-0.4, -0.2) is 24.9 Å². The summed E-state index contributed by atoms with van der Waals surface area (Å²) in [5.41, 5.74) is -0.469. The molecule has 4 rings (SSSR count). The number of hydrogen-bond acceptors (Lipinski definition) is 10.